The van der Waals surface area contributed by atoms with Gasteiger partial charge in [-0.2, -0.15) is 0 Å². The van der Waals surface area contributed by atoms with Crippen molar-refractivity contribution in [2.24, 2.45) is 11.8 Å². The molecule has 6 nitrogen and oxygen atoms in total. The number of nitrogens with zero attached hydrogens (tertiary/aromatic N) is 2. The van der Waals surface area contributed by atoms with Crippen molar-refractivity contribution >= 4 is 23.4 Å². The quantitative estimate of drug-likeness (QED) is 0.660. The fourth-order valence-corrected chi connectivity index (χ4v) is 5.87. The van der Waals surface area contributed by atoms with Gasteiger partial charge in [0.25, 0.3) is 0 Å². The van der Waals surface area contributed by atoms with Crippen LogP contribution >= 0.6 is 0 Å². The summed E-state index contributed by atoms with van der Waals surface area (Å²) in [6, 6.07) is 20.2. The second-order valence-electron chi connectivity index (χ2n) is 8.55. The van der Waals surface area contributed by atoms with Crippen molar-refractivity contribution in [2.45, 2.75) is 17.9 Å². The number of para-hydroxylation sites is 1. The largest absolute Gasteiger partial charge is 0.341 e. The van der Waals surface area contributed by atoms with Gasteiger partial charge in [-0.25, -0.2) is 4.90 Å². The lowest BCUT2D eigenvalue weighted by atomic mass is 9.49. The highest BCUT2D eigenvalue weighted by Crippen LogP contribution is 2.61. The predicted octanol–water partition coefficient (Wildman–Crippen LogP) is 2.53. The van der Waals surface area contributed by atoms with Crippen molar-refractivity contribution in [2.75, 3.05) is 4.90 Å². The number of imide groups is 1. The van der Waals surface area contributed by atoms with Crippen molar-refractivity contribution in [1.29, 1.82) is 0 Å². The molecule has 1 N–H and O–H groups in total. The highest BCUT2D eigenvalue weighted by atomic mass is 16.2. The second-order valence-corrected chi connectivity index (χ2v) is 8.55. The average Bonchev–Trinajstić information content (AvgIpc) is 3.09. The fraction of sp³-hybridized carbons (Fsp3) is 0.200. The molecule has 2 bridgehead atoms. The van der Waals surface area contributed by atoms with Crippen molar-refractivity contribution in [3.05, 3.63) is 95.8 Å². The Morgan fingerprint density at radius 2 is 1.42 bits per heavy atom. The molecule has 2 aromatic carbocycles. The molecule has 31 heavy (non-hydrogen) atoms. The van der Waals surface area contributed by atoms with E-state index in [4.69, 9.17) is 0 Å². The molecule has 152 valence electrons. The van der Waals surface area contributed by atoms with Crippen LogP contribution in [-0.2, 0) is 25.3 Å². The number of aromatic nitrogens is 1. The van der Waals surface area contributed by atoms with Gasteiger partial charge < -0.3 is 5.32 Å². The Morgan fingerprint density at radius 1 is 0.806 bits per heavy atom. The minimum Gasteiger partial charge on any atom is -0.341 e. The van der Waals surface area contributed by atoms with E-state index in [2.05, 4.69) is 10.3 Å². The van der Waals surface area contributed by atoms with Crippen molar-refractivity contribution in [3.8, 4) is 0 Å². The minimum atomic E-state index is -1.13. The number of benzene rings is 2. The van der Waals surface area contributed by atoms with Crippen LogP contribution in [0.2, 0.25) is 0 Å². The Kier molecular flexibility index (Phi) is 3.41. The van der Waals surface area contributed by atoms with Gasteiger partial charge in [-0.15, -0.1) is 0 Å². The lowest BCUT2D eigenvalue weighted by Crippen LogP contribution is -2.72. The summed E-state index contributed by atoms with van der Waals surface area (Å²) in [5, 5.41) is 3.17. The summed E-state index contributed by atoms with van der Waals surface area (Å²) in [5.74, 6) is -2.40. The summed E-state index contributed by atoms with van der Waals surface area (Å²) in [7, 11) is 0. The van der Waals surface area contributed by atoms with E-state index in [1.165, 1.54) is 4.90 Å². The Bertz CT molecular complexity index is 1260. The number of piperidine rings is 1. The van der Waals surface area contributed by atoms with E-state index in [9.17, 15) is 14.4 Å². The number of carbonyl (C=O) groups is 3. The monoisotopic (exact) mass is 409 g/mol. The van der Waals surface area contributed by atoms with Gasteiger partial charge in [0.1, 0.15) is 5.54 Å². The number of anilines is 1. The maximum Gasteiger partial charge on any atom is 0.240 e. The maximum absolute atomic E-state index is 13.9. The number of carbonyl (C=O) groups excluding carboxylic acids is 3. The number of hydrogen-bond acceptors (Lipinski definition) is 4. The summed E-state index contributed by atoms with van der Waals surface area (Å²) >= 11 is 0. The van der Waals surface area contributed by atoms with Crippen LogP contribution in [0, 0.1) is 11.8 Å². The first-order chi connectivity index (χ1) is 15.0. The standard InChI is InChI=1S/C25H19N3O3/c1-24-17-9-5-6-10-18(17)25(27-23(24)31,15-11-13-26-14-12-15)20-19(24)21(29)28(22(20)30)16-7-3-2-4-8-16/h2-14,19-20H,1H3,(H,27,31)/t19-,20-,24-,25+/m1/s1. The zero-order valence-corrected chi connectivity index (χ0v) is 16.8. The molecule has 4 aliphatic rings. The summed E-state index contributed by atoms with van der Waals surface area (Å²) in [6.07, 6.45) is 3.29. The van der Waals surface area contributed by atoms with Gasteiger partial charge in [-0.05, 0) is 47.9 Å². The molecule has 1 aliphatic carbocycles. The summed E-state index contributed by atoms with van der Waals surface area (Å²) in [6.45, 7) is 1.79. The molecule has 0 unspecified atom stereocenters. The van der Waals surface area contributed by atoms with E-state index in [-0.39, 0.29) is 17.7 Å². The number of amides is 3. The normalized spacial score (nSPS) is 30.7. The van der Waals surface area contributed by atoms with Crippen LogP contribution in [0.1, 0.15) is 23.6 Å². The minimum absolute atomic E-state index is 0.236. The first-order valence-corrected chi connectivity index (χ1v) is 10.3. The average molecular weight is 409 g/mol. The third-order valence-electron chi connectivity index (χ3n) is 7.24. The SMILES string of the molecule is C[C@@]12C(=O)N[C@@](c3ccncc3)(c3ccccc31)[C@H]1C(=O)N(c3ccccc3)C(=O)[C@@H]12. The summed E-state index contributed by atoms with van der Waals surface area (Å²) in [5.41, 5.74) is 0.669. The predicted molar refractivity (Wildman–Crippen MR) is 113 cm³/mol. The van der Waals surface area contributed by atoms with E-state index in [1.54, 1.807) is 43.6 Å². The highest BCUT2D eigenvalue weighted by Gasteiger charge is 2.74. The zero-order valence-electron chi connectivity index (χ0n) is 16.8. The second kappa shape index (κ2) is 5.88. The molecule has 1 aromatic heterocycles. The van der Waals surface area contributed by atoms with Crippen molar-refractivity contribution in [3.63, 3.8) is 0 Å². The molecule has 0 saturated carbocycles. The molecule has 3 aliphatic heterocycles. The third kappa shape index (κ3) is 1.97. The number of fused-ring (bicyclic) bond motifs is 1. The fourth-order valence-electron chi connectivity index (χ4n) is 5.87. The van der Waals surface area contributed by atoms with Crippen molar-refractivity contribution < 1.29 is 14.4 Å². The van der Waals surface area contributed by atoms with Crippen LogP contribution < -0.4 is 10.2 Å². The van der Waals surface area contributed by atoms with Gasteiger partial charge in [-0.1, -0.05) is 42.5 Å². The first-order valence-electron chi connectivity index (χ1n) is 10.3. The molecular formula is C25H19N3O3. The molecule has 7 rings (SSSR count). The van der Waals surface area contributed by atoms with E-state index in [0.29, 0.717) is 5.69 Å². The summed E-state index contributed by atoms with van der Waals surface area (Å²) < 4.78 is 0. The Balaban J connectivity index is 1.68. The first kappa shape index (κ1) is 18.0. The Morgan fingerprint density at radius 3 is 2.13 bits per heavy atom. The molecule has 6 heteroatoms. The smallest absolute Gasteiger partial charge is 0.240 e. The van der Waals surface area contributed by atoms with Crippen molar-refractivity contribution in [1.82, 2.24) is 10.3 Å². The van der Waals surface area contributed by atoms with Crippen LogP contribution in [0.3, 0.4) is 0 Å². The van der Waals surface area contributed by atoms with E-state index in [0.717, 1.165) is 16.7 Å². The maximum atomic E-state index is 13.9. The summed E-state index contributed by atoms with van der Waals surface area (Å²) in [4.78, 5) is 46.6. The van der Waals surface area contributed by atoms with Crippen LogP contribution in [-0.4, -0.2) is 22.7 Å². The molecule has 3 amide bonds. The number of pyridine rings is 1. The molecule has 0 radical (unpaired) electrons. The van der Waals surface area contributed by atoms with Crippen LogP contribution in [0.5, 0.6) is 0 Å². The molecule has 4 atom stereocenters. The lowest BCUT2D eigenvalue weighted by Gasteiger charge is -2.57. The van der Waals surface area contributed by atoms with Gasteiger partial charge in [0.2, 0.25) is 17.7 Å². The molecule has 2 saturated heterocycles. The van der Waals surface area contributed by atoms with Crippen LogP contribution in [0.15, 0.2) is 79.1 Å². The van der Waals surface area contributed by atoms with E-state index < -0.39 is 22.8 Å². The molecule has 3 aromatic rings. The third-order valence-corrected chi connectivity index (χ3v) is 7.24. The zero-order chi connectivity index (χ0) is 21.4. The van der Waals surface area contributed by atoms with Crippen LogP contribution in [0.25, 0.3) is 0 Å². The number of nitrogens with one attached hydrogen (secondary N) is 1. The van der Waals surface area contributed by atoms with Gasteiger partial charge in [0.15, 0.2) is 0 Å². The number of hydrogen-bond donors (Lipinski definition) is 1. The van der Waals surface area contributed by atoms with Gasteiger partial charge >= 0.3 is 0 Å². The Hall–Kier alpha value is -3.80. The lowest BCUT2D eigenvalue weighted by molar-refractivity contribution is -0.147. The van der Waals surface area contributed by atoms with Crippen LogP contribution in [0.4, 0.5) is 5.69 Å². The molecule has 2 fully saturated rings. The van der Waals surface area contributed by atoms with E-state index >= 15 is 0 Å². The topological polar surface area (TPSA) is 79.4 Å². The molecular weight excluding hydrogens is 390 g/mol. The highest BCUT2D eigenvalue weighted by molar-refractivity contribution is 6.25. The molecule has 0 spiro atoms. The van der Waals surface area contributed by atoms with Gasteiger partial charge in [0, 0.05) is 12.4 Å². The van der Waals surface area contributed by atoms with E-state index in [1.807, 2.05) is 42.5 Å². The van der Waals surface area contributed by atoms with Gasteiger partial charge in [-0.3, -0.25) is 19.4 Å². The Labute approximate surface area is 178 Å². The number of rotatable bonds is 2. The molecule has 4 heterocycles. The van der Waals surface area contributed by atoms with Gasteiger partial charge in [0.05, 0.1) is 22.9 Å².